The van der Waals surface area contributed by atoms with E-state index < -0.39 is 12.7 Å². The lowest BCUT2D eigenvalue weighted by atomic mass is 10.4. The lowest BCUT2D eigenvalue weighted by Gasteiger charge is -2.11. The Balaban J connectivity index is 2.94. The molecule has 0 unspecified atom stereocenters. The van der Waals surface area contributed by atoms with Crippen LogP contribution in [0.3, 0.4) is 0 Å². The van der Waals surface area contributed by atoms with Crippen molar-refractivity contribution in [2.45, 2.75) is 19.1 Å². The number of hydrogen-bond donors (Lipinski definition) is 2. The Kier molecular flexibility index (Phi) is 3.51. The van der Waals surface area contributed by atoms with Gasteiger partial charge < -0.3 is 11.1 Å². The first-order valence-corrected chi connectivity index (χ1v) is 4.34. The molecule has 5 nitrogen and oxygen atoms in total. The molecule has 0 aliphatic heterocycles. The molecule has 8 heteroatoms. The highest BCUT2D eigenvalue weighted by Gasteiger charge is 2.30. The summed E-state index contributed by atoms with van der Waals surface area (Å²) in [5.74, 6) is 0.329. The molecular formula is C7H12F3N5. The van der Waals surface area contributed by atoms with Gasteiger partial charge in [0.2, 0.25) is 5.95 Å². The largest absolute Gasteiger partial charge is 0.406 e. The van der Waals surface area contributed by atoms with E-state index in [1.165, 1.54) is 7.05 Å². The molecule has 0 atom stereocenters. The number of nitrogens with one attached hydrogen (secondary N) is 1. The highest BCUT2D eigenvalue weighted by atomic mass is 19.4. The van der Waals surface area contributed by atoms with E-state index in [1.54, 1.807) is 0 Å². The summed E-state index contributed by atoms with van der Waals surface area (Å²) in [5, 5.41) is 9.76. The average molecular weight is 223 g/mol. The predicted molar refractivity (Wildman–Crippen MR) is 48.4 cm³/mol. The summed E-state index contributed by atoms with van der Waals surface area (Å²) in [4.78, 5) is 0. The van der Waals surface area contributed by atoms with Crippen LogP contribution < -0.4 is 11.1 Å². The second-order valence-electron chi connectivity index (χ2n) is 2.93. The van der Waals surface area contributed by atoms with Gasteiger partial charge in [-0.25, -0.2) is 0 Å². The third-order valence-electron chi connectivity index (χ3n) is 1.76. The summed E-state index contributed by atoms with van der Waals surface area (Å²) in [5.41, 5.74) is 5.26. The minimum absolute atomic E-state index is 0.0933. The van der Waals surface area contributed by atoms with Gasteiger partial charge in [-0.3, -0.25) is 4.57 Å². The van der Waals surface area contributed by atoms with Crippen molar-refractivity contribution in [3.63, 3.8) is 0 Å². The van der Waals surface area contributed by atoms with Crippen molar-refractivity contribution in [3.8, 4) is 0 Å². The Morgan fingerprint density at radius 2 is 2.07 bits per heavy atom. The van der Waals surface area contributed by atoms with Gasteiger partial charge in [0.15, 0.2) is 0 Å². The fourth-order valence-electron chi connectivity index (χ4n) is 1.18. The topological polar surface area (TPSA) is 68.8 Å². The second-order valence-corrected chi connectivity index (χ2v) is 2.93. The number of aromatic nitrogens is 3. The normalized spacial score (nSPS) is 11.8. The fourth-order valence-corrected chi connectivity index (χ4v) is 1.18. The molecule has 0 aliphatic carbocycles. The molecule has 0 bridgehead atoms. The standard InChI is InChI=1S/C7H12F3N5/c1-12-6-14-13-5(2-3-11)15(6)4-7(8,9)10/h2-4,11H2,1H3,(H,12,14). The van der Waals surface area contributed by atoms with E-state index in [2.05, 4.69) is 15.5 Å². The van der Waals surface area contributed by atoms with Gasteiger partial charge in [-0.1, -0.05) is 0 Å². The van der Waals surface area contributed by atoms with Gasteiger partial charge in [-0.2, -0.15) is 13.2 Å². The van der Waals surface area contributed by atoms with E-state index in [9.17, 15) is 13.2 Å². The van der Waals surface area contributed by atoms with Gasteiger partial charge >= 0.3 is 6.18 Å². The van der Waals surface area contributed by atoms with Crippen molar-refractivity contribution in [1.82, 2.24) is 14.8 Å². The third-order valence-corrected chi connectivity index (χ3v) is 1.76. The van der Waals surface area contributed by atoms with E-state index in [-0.39, 0.29) is 24.7 Å². The zero-order valence-corrected chi connectivity index (χ0v) is 8.17. The van der Waals surface area contributed by atoms with Crippen molar-refractivity contribution in [3.05, 3.63) is 5.82 Å². The summed E-state index contributed by atoms with van der Waals surface area (Å²) in [6, 6.07) is 0. The quantitative estimate of drug-likeness (QED) is 0.774. The van der Waals surface area contributed by atoms with Crippen LogP contribution in [0.1, 0.15) is 5.82 Å². The summed E-state index contributed by atoms with van der Waals surface area (Å²) in [6.07, 6.45) is -4.03. The van der Waals surface area contributed by atoms with Crippen LogP contribution in [-0.2, 0) is 13.0 Å². The summed E-state index contributed by atoms with van der Waals surface area (Å²) >= 11 is 0. The van der Waals surface area contributed by atoms with Crippen LogP contribution in [0.2, 0.25) is 0 Å². The Bertz CT molecular complexity index is 319. The number of nitrogens with two attached hydrogens (primary N) is 1. The number of halogens is 3. The Labute approximate surface area is 84.5 Å². The molecular weight excluding hydrogens is 211 g/mol. The van der Waals surface area contributed by atoms with E-state index in [0.29, 0.717) is 0 Å². The predicted octanol–water partition coefficient (Wildman–Crippen LogP) is 0.383. The number of nitrogens with zero attached hydrogens (tertiary/aromatic N) is 3. The van der Waals surface area contributed by atoms with Crippen molar-refractivity contribution in [1.29, 1.82) is 0 Å². The van der Waals surface area contributed by atoms with Gasteiger partial charge in [0.1, 0.15) is 12.4 Å². The molecule has 0 aromatic carbocycles. The minimum Gasteiger partial charge on any atom is -0.357 e. The van der Waals surface area contributed by atoms with Gasteiger partial charge in [0, 0.05) is 13.5 Å². The van der Waals surface area contributed by atoms with E-state index in [0.717, 1.165) is 4.57 Å². The van der Waals surface area contributed by atoms with E-state index >= 15 is 0 Å². The average Bonchev–Trinajstić information content (AvgIpc) is 2.47. The van der Waals surface area contributed by atoms with Crippen LogP contribution >= 0.6 is 0 Å². The minimum atomic E-state index is -4.29. The SMILES string of the molecule is CNc1nnc(CCN)n1CC(F)(F)F. The number of rotatable bonds is 4. The van der Waals surface area contributed by atoms with E-state index in [1.807, 2.05) is 0 Å². The Morgan fingerprint density at radius 1 is 1.40 bits per heavy atom. The number of alkyl halides is 3. The molecule has 0 saturated heterocycles. The maximum atomic E-state index is 12.2. The molecule has 1 heterocycles. The number of anilines is 1. The molecule has 3 N–H and O–H groups in total. The monoisotopic (exact) mass is 223 g/mol. The van der Waals surface area contributed by atoms with Gasteiger partial charge in [0.05, 0.1) is 0 Å². The molecule has 1 aromatic rings. The van der Waals surface area contributed by atoms with Crippen molar-refractivity contribution >= 4 is 5.95 Å². The smallest absolute Gasteiger partial charge is 0.357 e. The highest BCUT2D eigenvalue weighted by molar-refractivity contribution is 5.24. The lowest BCUT2D eigenvalue weighted by molar-refractivity contribution is -0.140. The summed E-state index contributed by atoms with van der Waals surface area (Å²) in [7, 11) is 1.49. The molecule has 15 heavy (non-hydrogen) atoms. The molecule has 0 amide bonds. The second kappa shape index (κ2) is 4.47. The number of hydrogen-bond acceptors (Lipinski definition) is 4. The zero-order chi connectivity index (χ0) is 11.5. The summed E-state index contributed by atoms with van der Waals surface area (Å²) < 4.78 is 37.6. The van der Waals surface area contributed by atoms with Crippen LogP contribution in [0.15, 0.2) is 0 Å². The first-order chi connectivity index (χ1) is 6.98. The first-order valence-electron chi connectivity index (χ1n) is 4.34. The maximum Gasteiger partial charge on any atom is 0.406 e. The molecule has 0 radical (unpaired) electrons. The van der Waals surface area contributed by atoms with Crippen molar-refractivity contribution < 1.29 is 13.2 Å². The molecule has 0 spiro atoms. The lowest BCUT2D eigenvalue weighted by Crippen LogP contribution is -2.22. The van der Waals surface area contributed by atoms with Gasteiger partial charge in [-0.05, 0) is 6.54 Å². The van der Waals surface area contributed by atoms with Gasteiger partial charge in [0.25, 0.3) is 0 Å². The summed E-state index contributed by atoms with van der Waals surface area (Å²) in [6.45, 7) is -0.870. The van der Waals surface area contributed by atoms with E-state index in [4.69, 9.17) is 5.73 Å². The van der Waals surface area contributed by atoms with Crippen LogP contribution in [0.5, 0.6) is 0 Å². The first kappa shape index (κ1) is 11.8. The van der Waals surface area contributed by atoms with Crippen LogP contribution in [0, 0.1) is 0 Å². The molecule has 86 valence electrons. The molecule has 0 saturated carbocycles. The van der Waals surface area contributed by atoms with Crippen LogP contribution in [-0.4, -0.2) is 34.5 Å². The highest BCUT2D eigenvalue weighted by Crippen LogP contribution is 2.20. The van der Waals surface area contributed by atoms with Gasteiger partial charge in [-0.15, -0.1) is 10.2 Å². The Morgan fingerprint density at radius 3 is 2.53 bits per heavy atom. The Hall–Kier alpha value is -1.31. The molecule has 0 aliphatic rings. The molecule has 1 rings (SSSR count). The zero-order valence-electron chi connectivity index (χ0n) is 8.17. The molecule has 1 aromatic heterocycles. The maximum absolute atomic E-state index is 12.2. The van der Waals surface area contributed by atoms with Crippen LogP contribution in [0.25, 0.3) is 0 Å². The molecule has 0 fully saturated rings. The van der Waals surface area contributed by atoms with Crippen molar-refractivity contribution in [2.75, 3.05) is 18.9 Å². The third kappa shape index (κ3) is 3.08. The van der Waals surface area contributed by atoms with Crippen LogP contribution in [0.4, 0.5) is 19.1 Å². The fraction of sp³-hybridized carbons (Fsp3) is 0.714. The van der Waals surface area contributed by atoms with Crippen molar-refractivity contribution in [2.24, 2.45) is 5.73 Å².